The van der Waals surface area contributed by atoms with E-state index in [4.69, 9.17) is 0 Å². The zero-order valence-electron chi connectivity index (χ0n) is 15.3. The van der Waals surface area contributed by atoms with Crippen LogP contribution in [0.5, 0.6) is 0 Å². The molecule has 0 radical (unpaired) electrons. The van der Waals surface area contributed by atoms with Crippen LogP contribution in [0.4, 0.5) is 5.69 Å². The van der Waals surface area contributed by atoms with E-state index in [9.17, 15) is 13.2 Å². The normalized spacial score (nSPS) is 16.1. The first-order valence-electron chi connectivity index (χ1n) is 8.78. The van der Waals surface area contributed by atoms with Crippen molar-refractivity contribution >= 4 is 21.6 Å². The minimum atomic E-state index is -3.64. The van der Waals surface area contributed by atoms with E-state index in [2.05, 4.69) is 4.72 Å². The SMILES string of the molecule is Cc1ccc(C)c([C@H](C)NS(=O)(=O)c2ccc(N3CCCC3=O)cc2)c1. The second kappa shape index (κ2) is 7.21. The lowest BCUT2D eigenvalue weighted by Crippen LogP contribution is -2.27. The fourth-order valence-electron chi connectivity index (χ4n) is 3.32. The van der Waals surface area contributed by atoms with Gasteiger partial charge in [-0.25, -0.2) is 13.1 Å². The number of hydrogen-bond donors (Lipinski definition) is 1. The highest BCUT2D eigenvalue weighted by atomic mass is 32.2. The largest absolute Gasteiger partial charge is 0.312 e. The molecule has 2 aromatic carbocycles. The van der Waals surface area contributed by atoms with Crippen LogP contribution in [0, 0.1) is 13.8 Å². The number of hydrogen-bond acceptors (Lipinski definition) is 3. The van der Waals surface area contributed by atoms with Crippen LogP contribution in [0.2, 0.25) is 0 Å². The van der Waals surface area contributed by atoms with Crippen molar-refractivity contribution in [3.8, 4) is 0 Å². The number of carbonyl (C=O) groups excluding carboxylic acids is 1. The number of carbonyl (C=O) groups is 1. The Morgan fingerprint density at radius 1 is 1.08 bits per heavy atom. The molecule has 1 fully saturated rings. The van der Waals surface area contributed by atoms with Crippen molar-refractivity contribution in [1.82, 2.24) is 4.72 Å². The molecular weight excluding hydrogens is 348 g/mol. The molecule has 0 unspecified atom stereocenters. The van der Waals surface area contributed by atoms with Gasteiger partial charge < -0.3 is 4.90 Å². The first-order valence-corrected chi connectivity index (χ1v) is 10.3. The maximum absolute atomic E-state index is 12.7. The van der Waals surface area contributed by atoms with Crippen LogP contribution in [0.15, 0.2) is 47.4 Å². The molecule has 0 spiro atoms. The zero-order chi connectivity index (χ0) is 18.9. The van der Waals surface area contributed by atoms with Gasteiger partial charge in [0.25, 0.3) is 0 Å². The molecule has 1 saturated heterocycles. The Morgan fingerprint density at radius 2 is 1.77 bits per heavy atom. The van der Waals surface area contributed by atoms with Gasteiger partial charge in [-0.3, -0.25) is 4.79 Å². The van der Waals surface area contributed by atoms with Crippen LogP contribution >= 0.6 is 0 Å². The van der Waals surface area contributed by atoms with Gasteiger partial charge >= 0.3 is 0 Å². The average molecular weight is 372 g/mol. The Morgan fingerprint density at radius 3 is 2.38 bits per heavy atom. The molecule has 3 rings (SSSR count). The number of anilines is 1. The number of benzene rings is 2. The van der Waals surface area contributed by atoms with E-state index < -0.39 is 10.0 Å². The van der Waals surface area contributed by atoms with E-state index in [-0.39, 0.29) is 16.8 Å². The lowest BCUT2D eigenvalue weighted by molar-refractivity contribution is -0.117. The summed E-state index contributed by atoms with van der Waals surface area (Å²) in [5.74, 6) is 0.0854. The summed E-state index contributed by atoms with van der Waals surface area (Å²) >= 11 is 0. The van der Waals surface area contributed by atoms with Gasteiger partial charge in [-0.15, -0.1) is 0 Å². The van der Waals surface area contributed by atoms with E-state index in [0.717, 1.165) is 28.8 Å². The third-order valence-corrected chi connectivity index (χ3v) is 6.32. The second-order valence-electron chi connectivity index (χ2n) is 6.85. The first-order chi connectivity index (χ1) is 12.3. The molecule has 1 N–H and O–H groups in total. The van der Waals surface area contributed by atoms with Crippen molar-refractivity contribution in [1.29, 1.82) is 0 Å². The van der Waals surface area contributed by atoms with Crippen molar-refractivity contribution in [3.63, 3.8) is 0 Å². The van der Waals surface area contributed by atoms with Crippen molar-refractivity contribution in [2.45, 2.75) is 44.6 Å². The molecule has 138 valence electrons. The molecule has 1 aliphatic heterocycles. The first kappa shape index (κ1) is 18.6. The Labute approximate surface area is 155 Å². The molecule has 0 bridgehead atoms. The molecule has 5 nitrogen and oxygen atoms in total. The molecule has 0 aromatic heterocycles. The van der Waals surface area contributed by atoms with Crippen LogP contribution < -0.4 is 9.62 Å². The highest BCUT2D eigenvalue weighted by Gasteiger charge is 2.23. The van der Waals surface area contributed by atoms with Gasteiger partial charge in [0.05, 0.1) is 4.90 Å². The molecule has 1 aliphatic rings. The van der Waals surface area contributed by atoms with Crippen LogP contribution in [0.1, 0.15) is 42.5 Å². The molecule has 1 heterocycles. The predicted octanol–water partition coefficient (Wildman–Crippen LogP) is 3.47. The Bertz CT molecular complexity index is 921. The summed E-state index contributed by atoms with van der Waals surface area (Å²) in [6.45, 7) is 6.49. The summed E-state index contributed by atoms with van der Waals surface area (Å²) < 4.78 is 28.2. The van der Waals surface area contributed by atoms with Crippen LogP contribution in [0.3, 0.4) is 0 Å². The maximum atomic E-state index is 12.7. The van der Waals surface area contributed by atoms with E-state index in [0.29, 0.717) is 13.0 Å². The summed E-state index contributed by atoms with van der Waals surface area (Å²) in [6.07, 6.45) is 1.39. The molecule has 0 aliphatic carbocycles. The lowest BCUT2D eigenvalue weighted by atomic mass is 10.0. The van der Waals surface area contributed by atoms with Crippen molar-refractivity contribution in [3.05, 3.63) is 59.2 Å². The molecule has 26 heavy (non-hydrogen) atoms. The summed E-state index contributed by atoms with van der Waals surface area (Å²) in [4.78, 5) is 13.7. The molecule has 2 aromatic rings. The summed E-state index contributed by atoms with van der Waals surface area (Å²) in [6, 6.07) is 12.2. The van der Waals surface area contributed by atoms with Crippen LogP contribution in [-0.4, -0.2) is 20.9 Å². The highest BCUT2D eigenvalue weighted by Crippen LogP contribution is 2.25. The van der Waals surface area contributed by atoms with Gasteiger partial charge in [0.2, 0.25) is 15.9 Å². The van der Waals surface area contributed by atoms with E-state index in [1.165, 1.54) is 0 Å². The fourth-order valence-corrected chi connectivity index (χ4v) is 4.54. The monoisotopic (exact) mass is 372 g/mol. The highest BCUT2D eigenvalue weighted by molar-refractivity contribution is 7.89. The number of aryl methyl sites for hydroxylation is 2. The standard InChI is InChI=1S/C20H24N2O3S/c1-14-6-7-15(2)19(13-14)16(3)21-26(24,25)18-10-8-17(9-11-18)22-12-4-5-20(22)23/h6-11,13,16,21H,4-5,12H2,1-3H3/t16-/m0/s1. The molecule has 6 heteroatoms. The number of nitrogens with zero attached hydrogens (tertiary/aromatic N) is 1. The molecule has 0 saturated carbocycles. The van der Waals surface area contributed by atoms with E-state index in [1.807, 2.05) is 39.0 Å². The predicted molar refractivity (Wildman–Crippen MR) is 103 cm³/mol. The quantitative estimate of drug-likeness (QED) is 0.874. The molecular formula is C20H24N2O3S. The zero-order valence-corrected chi connectivity index (χ0v) is 16.1. The van der Waals surface area contributed by atoms with E-state index >= 15 is 0 Å². The van der Waals surface area contributed by atoms with Gasteiger partial charge in [0, 0.05) is 24.7 Å². The third-order valence-electron chi connectivity index (χ3n) is 4.77. The Kier molecular flexibility index (Phi) is 5.16. The fraction of sp³-hybridized carbons (Fsp3) is 0.350. The molecule has 1 amide bonds. The summed E-state index contributed by atoms with van der Waals surface area (Å²) in [5, 5.41) is 0. The van der Waals surface area contributed by atoms with Gasteiger partial charge in [-0.2, -0.15) is 0 Å². The van der Waals surface area contributed by atoms with Crippen LogP contribution in [0.25, 0.3) is 0 Å². The molecule has 1 atom stereocenters. The Hall–Kier alpha value is -2.18. The number of sulfonamides is 1. The minimum absolute atomic E-state index is 0.0854. The number of amides is 1. The number of nitrogens with one attached hydrogen (secondary N) is 1. The van der Waals surface area contributed by atoms with Gasteiger partial charge in [-0.05, 0) is 62.6 Å². The topological polar surface area (TPSA) is 66.5 Å². The van der Waals surface area contributed by atoms with E-state index in [1.54, 1.807) is 29.2 Å². The van der Waals surface area contributed by atoms with Gasteiger partial charge in [-0.1, -0.05) is 23.8 Å². The van der Waals surface area contributed by atoms with Crippen molar-refractivity contribution in [2.24, 2.45) is 0 Å². The number of rotatable bonds is 5. The summed E-state index contributed by atoms with van der Waals surface area (Å²) in [7, 11) is -3.64. The third kappa shape index (κ3) is 3.81. The smallest absolute Gasteiger partial charge is 0.241 e. The van der Waals surface area contributed by atoms with Crippen molar-refractivity contribution in [2.75, 3.05) is 11.4 Å². The van der Waals surface area contributed by atoms with Gasteiger partial charge in [0.15, 0.2) is 0 Å². The van der Waals surface area contributed by atoms with Crippen molar-refractivity contribution < 1.29 is 13.2 Å². The van der Waals surface area contributed by atoms with Crippen LogP contribution in [-0.2, 0) is 14.8 Å². The second-order valence-corrected chi connectivity index (χ2v) is 8.56. The van der Waals surface area contributed by atoms with Gasteiger partial charge in [0.1, 0.15) is 0 Å². The lowest BCUT2D eigenvalue weighted by Gasteiger charge is -2.19. The average Bonchev–Trinajstić information content (AvgIpc) is 3.02. The summed E-state index contributed by atoms with van der Waals surface area (Å²) in [5.41, 5.74) is 3.85. The maximum Gasteiger partial charge on any atom is 0.241 e. The minimum Gasteiger partial charge on any atom is -0.312 e. The Balaban J connectivity index is 1.79.